The summed E-state index contributed by atoms with van der Waals surface area (Å²) in [6, 6.07) is 0. The predicted molar refractivity (Wildman–Crippen MR) is 75.0 cm³/mol. The summed E-state index contributed by atoms with van der Waals surface area (Å²) < 4.78 is 0. The molecule has 1 saturated carbocycles. The number of nitrogens with two attached hydrogens (primary N) is 2. The molecule has 1 fully saturated rings. The van der Waals surface area contributed by atoms with E-state index in [-0.39, 0.29) is 0 Å². The Balaban J connectivity index is 2.02. The fourth-order valence-electron chi connectivity index (χ4n) is 2.20. The summed E-state index contributed by atoms with van der Waals surface area (Å²) in [7, 11) is 0. The number of primary amides is 1. The smallest absolute Gasteiger partial charge is 0.237 e. The van der Waals surface area contributed by atoms with Gasteiger partial charge in [-0.2, -0.15) is 11.8 Å². The van der Waals surface area contributed by atoms with Crippen molar-refractivity contribution >= 4 is 17.7 Å². The Morgan fingerprint density at radius 2 is 1.94 bits per heavy atom. The second-order valence-electron chi connectivity index (χ2n) is 5.37. The van der Waals surface area contributed by atoms with Gasteiger partial charge in [0.05, 0.1) is 5.54 Å². The normalized spacial score (nSPS) is 21.1. The molecule has 17 heavy (non-hydrogen) atoms. The van der Waals surface area contributed by atoms with Crippen LogP contribution in [0.2, 0.25) is 0 Å². The Kier molecular flexibility index (Phi) is 6.34. The molecule has 1 aliphatic rings. The Labute approximate surface area is 109 Å². The highest BCUT2D eigenvalue weighted by molar-refractivity contribution is 7.99. The molecular weight excluding hydrogens is 232 g/mol. The average molecular weight is 258 g/mol. The third-order valence-corrected chi connectivity index (χ3v) is 5.03. The molecule has 0 heterocycles. The highest BCUT2D eigenvalue weighted by atomic mass is 32.2. The lowest BCUT2D eigenvalue weighted by Gasteiger charge is -2.22. The zero-order valence-corrected chi connectivity index (χ0v) is 11.7. The van der Waals surface area contributed by atoms with Crippen LogP contribution in [0, 0.1) is 0 Å². The summed E-state index contributed by atoms with van der Waals surface area (Å²) in [5.74, 6) is 0.803. The Morgan fingerprint density at radius 3 is 2.53 bits per heavy atom. The predicted octanol–water partition coefficient (Wildman–Crippen LogP) is 2.43. The van der Waals surface area contributed by atoms with E-state index < -0.39 is 11.4 Å². The van der Waals surface area contributed by atoms with Crippen molar-refractivity contribution in [3.63, 3.8) is 0 Å². The van der Waals surface area contributed by atoms with Crippen LogP contribution in [-0.4, -0.2) is 22.4 Å². The number of carbonyl (C=O) groups is 1. The van der Waals surface area contributed by atoms with Crippen LogP contribution >= 0.6 is 11.8 Å². The fraction of sp³-hybridized carbons (Fsp3) is 0.923. The summed E-state index contributed by atoms with van der Waals surface area (Å²) in [6.45, 7) is 1.73. The molecule has 3 nitrogen and oxygen atoms in total. The molecule has 100 valence electrons. The van der Waals surface area contributed by atoms with E-state index in [0.717, 1.165) is 18.1 Å². The van der Waals surface area contributed by atoms with Crippen molar-refractivity contribution in [1.29, 1.82) is 0 Å². The van der Waals surface area contributed by atoms with Crippen molar-refractivity contribution < 1.29 is 4.79 Å². The second-order valence-corrected chi connectivity index (χ2v) is 6.78. The van der Waals surface area contributed by atoms with E-state index in [1.165, 1.54) is 37.9 Å². The summed E-state index contributed by atoms with van der Waals surface area (Å²) in [4.78, 5) is 11.0. The fourth-order valence-corrected chi connectivity index (χ4v) is 3.57. The zero-order chi connectivity index (χ0) is 12.7. The molecule has 1 unspecified atom stereocenters. The van der Waals surface area contributed by atoms with Gasteiger partial charge in [-0.3, -0.25) is 4.79 Å². The highest BCUT2D eigenvalue weighted by Gasteiger charge is 2.24. The van der Waals surface area contributed by atoms with Gasteiger partial charge in [0.25, 0.3) is 0 Å². The van der Waals surface area contributed by atoms with Gasteiger partial charge >= 0.3 is 0 Å². The lowest BCUT2D eigenvalue weighted by atomic mass is 9.96. The number of thioether (sulfide) groups is 1. The van der Waals surface area contributed by atoms with Gasteiger partial charge in [-0.15, -0.1) is 0 Å². The summed E-state index contributed by atoms with van der Waals surface area (Å²) in [5, 5.41) is 0.879. The van der Waals surface area contributed by atoms with Gasteiger partial charge in [0.1, 0.15) is 0 Å². The maximum absolute atomic E-state index is 11.0. The summed E-state index contributed by atoms with van der Waals surface area (Å²) in [6.07, 6.45) is 9.84. The molecule has 0 bridgehead atoms. The van der Waals surface area contributed by atoms with Crippen LogP contribution in [0.5, 0.6) is 0 Å². The molecule has 4 heteroatoms. The van der Waals surface area contributed by atoms with Crippen molar-refractivity contribution in [2.75, 3.05) is 5.75 Å². The first-order valence-corrected chi connectivity index (χ1v) is 7.77. The van der Waals surface area contributed by atoms with Crippen molar-refractivity contribution in [1.82, 2.24) is 0 Å². The van der Waals surface area contributed by atoms with E-state index in [4.69, 9.17) is 11.5 Å². The second kappa shape index (κ2) is 7.27. The monoisotopic (exact) mass is 258 g/mol. The summed E-state index contributed by atoms with van der Waals surface area (Å²) >= 11 is 2.10. The molecule has 0 aromatic rings. The van der Waals surface area contributed by atoms with Crippen LogP contribution in [0.1, 0.15) is 58.3 Å². The molecule has 4 N–H and O–H groups in total. The van der Waals surface area contributed by atoms with E-state index in [1.54, 1.807) is 6.92 Å². The van der Waals surface area contributed by atoms with Crippen molar-refractivity contribution in [3.8, 4) is 0 Å². The van der Waals surface area contributed by atoms with E-state index >= 15 is 0 Å². The molecular formula is C13H26N2OS. The molecule has 0 aromatic carbocycles. The average Bonchev–Trinajstić information content (AvgIpc) is 2.29. The van der Waals surface area contributed by atoms with Crippen molar-refractivity contribution in [2.45, 2.75) is 69.1 Å². The maximum Gasteiger partial charge on any atom is 0.237 e. The standard InChI is InChI=1S/C13H26N2OS/c1-13(15,12(14)16)9-5-6-10-17-11-7-3-2-4-8-11/h11H,2-10,15H2,1H3,(H2,14,16). The minimum Gasteiger partial charge on any atom is -0.368 e. The molecule has 0 aromatic heterocycles. The third kappa shape index (κ3) is 5.77. The Hall–Kier alpha value is -0.220. The van der Waals surface area contributed by atoms with Crippen molar-refractivity contribution in [2.24, 2.45) is 11.5 Å². The molecule has 0 radical (unpaired) electrons. The maximum atomic E-state index is 11.0. The van der Waals surface area contributed by atoms with Gasteiger partial charge in [0.2, 0.25) is 5.91 Å². The molecule has 1 aliphatic carbocycles. The molecule has 1 amide bonds. The lowest BCUT2D eigenvalue weighted by molar-refractivity contribution is -0.122. The van der Waals surface area contributed by atoms with E-state index in [1.807, 2.05) is 0 Å². The SMILES string of the molecule is CC(N)(CCCCSC1CCCCC1)C(N)=O. The summed E-state index contributed by atoms with van der Waals surface area (Å²) in [5.41, 5.74) is 10.2. The van der Waals surface area contributed by atoms with Crippen molar-refractivity contribution in [3.05, 3.63) is 0 Å². The van der Waals surface area contributed by atoms with Gasteiger partial charge in [0.15, 0.2) is 0 Å². The van der Waals surface area contributed by atoms with Crippen LogP contribution in [0.15, 0.2) is 0 Å². The van der Waals surface area contributed by atoms with E-state index in [9.17, 15) is 4.79 Å². The topological polar surface area (TPSA) is 69.1 Å². The number of unbranched alkanes of at least 4 members (excludes halogenated alkanes) is 1. The van der Waals surface area contributed by atoms with E-state index in [0.29, 0.717) is 6.42 Å². The molecule has 0 saturated heterocycles. The molecule has 0 aliphatic heterocycles. The Morgan fingerprint density at radius 1 is 1.29 bits per heavy atom. The first-order chi connectivity index (χ1) is 8.02. The van der Waals surface area contributed by atoms with Gasteiger partial charge < -0.3 is 11.5 Å². The number of carbonyl (C=O) groups excluding carboxylic acids is 1. The molecule has 1 rings (SSSR count). The van der Waals surface area contributed by atoms with Gasteiger partial charge in [-0.1, -0.05) is 25.7 Å². The zero-order valence-electron chi connectivity index (χ0n) is 10.9. The number of hydrogen-bond acceptors (Lipinski definition) is 3. The number of rotatable bonds is 7. The quantitative estimate of drug-likeness (QED) is 0.689. The van der Waals surface area contributed by atoms with Crippen LogP contribution in [0.4, 0.5) is 0 Å². The molecule has 1 atom stereocenters. The molecule has 0 spiro atoms. The lowest BCUT2D eigenvalue weighted by Crippen LogP contribution is -2.49. The first kappa shape index (κ1) is 14.8. The largest absolute Gasteiger partial charge is 0.368 e. The van der Waals surface area contributed by atoms with Crippen LogP contribution in [0.3, 0.4) is 0 Å². The van der Waals surface area contributed by atoms with Crippen LogP contribution < -0.4 is 11.5 Å². The van der Waals surface area contributed by atoms with Gasteiger partial charge in [-0.25, -0.2) is 0 Å². The van der Waals surface area contributed by atoms with Gasteiger partial charge in [0, 0.05) is 5.25 Å². The Bertz CT molecular complexity index is 238. The van der Waals surface area contributed by atoms with Gasteiger partial charge in [-0.05, 0) is 38.4 Å². The third-order valence-electron chi connectivity index (χ3n) is 3.56. The van der Waals surface area contributed by atoms with Crippen LogP contribution in [0.25, 0.3) is 0 Å². The van der Waals surface area contributed by atoms with E-state index in [2.05, 4.69) is 11.8 Å². The minimum atomic E-state index is -0.824. The number of hydrogen-bond donors (Lipinski definition) is 2. The number of amides is 1. The highest BCUT2D eigenvalue weighted by Crippen LogP contribution is 2.29. The minimum absolute atomic E-state index is 0.391. The first-order valence-electron chi connectivity index (χ1n) is 6.73. The van der Waals surface area contributed by atoms with Crippen LogP contribution in [-0.2, 0) is 4.79 Å².